The minimum Gasteiger partial charge on any atom is -0.490 e. The zero-order valence-corrected chi connectivity index (χ0v) is 19.2. The Morgan fingerprint density at radius 1 is 1.19 bits per heavy atom. The first-order chi connectivity index (χ1) is 15.2. The summed E-state index contributed by atoms with van der Waals surface area (Å²) in [6, 6.07) is 3.56. The van der Waals surface area contributed by atoms with Gasteiger partial charge in [-0.25, -0.2) is 17.5 Å². The van der Waals surface area contributed by atoms with E-state index in [1.54, 1.807) is 19.1 Å². The second-order valence-corrected chi connectivity index (χ2v) is 10.5. The molecule has 0 aromatic heterocycles. The summed E-state index contributed by atoms with van der Waals surface area (Å²) in [5.74, 6) is -0.360. The Morgan fingerprint density at radius 2 is 1.97 bits per heavy atom. The summed E-state index contributed by atoms with van der Waals surface area (Å²) < 4.78 is 47.0. The van der Waals surface area contributed by atoms with Gasteiger partial charge < -0.3 is 10.1 Å². The van der Waals surface area contributed by atoms with E-state index in [4.69, 9.17) is 4.74 Å². The minimum atomic E-state index is -3.50. The predicted molar refractivity (Wildman–Crippen MR) is 118 cm³/mol. The number of nitrogens with one attached hydrogen (secondary N) is 3. The Kier molecular flexibility index (Phi) is 8.61. The standard InChI is InChI=1S/C22H32FN3O5S/c1-15(17-7-8-18(23)20(13-17)31-14-16-5-6-16)26-32(29,30)12-4-2-3-11-24-19-9-10-21(27)25-22(19)28/h7-8,13,15-16,19,24,26H,2-6,9-12,14H2,1H3,(H,25,27,28). The molecule has 1 saturated carbocycles. The number of piperidine rings is 1. The molecule has 1 aliphatic heterocycles. The summed E-state index contributed by atoms with van der Waals surface area (Å²) >= 11 is 0. The lowest BCUT2D eigenvalue weighted by Gasteiger charge is -2.21. The molecule has 2 unspecified atom stereocenters. The van der Waals surface area contributed by atoms with Crippen molar-refractivity contribution in [3.63, 3.8) is 0 Å². The van der Waals surface area contributed by atoms with Crippen LogP contribution in [0.25, 0.3) is 0 Å². The summed E-state index contributed by atoms with van der Waals surface area (Å²) in [7, 11) is -3.50. The average molecular weight is 470 g/mol. The van der Waals surface area contributed by atoms with Crippen LogP contribution in [-0.2, 0) is 19.6 Å². The lowest BCUT2D eigenvalue weighted by atomic mass is 10.1. The molecule has 32 heavy (non-hydrogen) atoms. The zero-order chi connectivity index (χ0) is 23.1. The quantitative estimate of drug-likeness (QED) is 0.301. The molecule has 8 nitrogen and oxygen atoms in total. The monoisotopic (exact) mass is 469 g/mol. The van der Waals surface area contributed by atoms with Crippen molar-refractivity contribution >= 4 is 21.8 Å². The molecule has 2 aliphatic rings. The molecule has 1 saturated heterocycles. The van der Waals surface area contributed by atoms with Gasteiger partial charge in [-0.15, -0.1) is 0 Å². The summed E-state index contributed by atoms with van der Waals surface area (Å²) in [6.07, 6.45) is 4.91. The number of halogens is 1. The van der Waals surface area contributed by atoms with E-state index in [9.17, 15) is 22.4 Å². The molecule has 2 amide bonds. The second-order valence-electron chi connectivity index (χ2n) is 8.62. The Labute approximate surface area is 188 Å². The Bertz CT molecular complexity index is 920. The third-order valence-electron chi connectivity index (χ3n) is 5.70. The smallest absolute Gasteiger partial charge is 0.243 e. The second kappa shape index (κ2) is 11.2. The number of imide groups is 1. The summed E-state index contributed by atoms with van der Waals surface area (Å²) in [5.41, 5.74) is 0.647. The number of benzene rings is 1. The molecule has 1 heterocycles. The van der Waals surface area contributed by atoms with E-state index in [0.717, 1.165) is 19.3 Å². The Hall–Kier alpha value is -2.04. The van der Waals surface area contributed by atoms with Crippen LogP contribution in [0.1, 0.15) is 63.5 Å². The van der Waals surface area contributed by atoms with Gasteiger partial charge in [-0.05, 0) is 69.2 Å². The van der Waals surface area contributed by atoms with E-state index in [1.165, 1.54) is 6.07 Å². The van der Waals surface area contributed by atoms with Crippen LogP contribution >= 0.6 is 0 Å². The SMILES string of the molecule is CC(NS(=O)(=O)CCCCCNC1CCC(=O)NC1=O)c1ccc(F)c(OCC2CC2)c1. The largest absolute Gasteiger partial charge is 0.490 e. The third kappa shape index (κ3) is 7.83. The molecule has 0 bridgehead atoms. The van der Waals surface area contributed by atoms with Crippen molar-refractivity contribution in [3.05, 3.63) is 29.6 Å². The zero-order valence-electron chi connectivity index (χ0n) is 18.4. The van der Waals surface area contributed by atoms with Crippen LogP contribution < -0.4 is 20.1 Å². The highest BCUT2D eigenvalue weighted by Gasteiger charge is 2.26. The minimum absolute atomic E-state index is 0.0119. The number of carbonyl (C=O) groups is 2. The highest BCUT2D eigenvalue weighted by molar-refractivity contribution is 7.89. The van der Waals surface area contributed by atoms with Gasteiger partial charge in [-0.2, -0.15) is 0 Å². The molecular weight excluding hydrogens is 437 g/mol. The van der Waals surface area contributed by atoms with Crippen LogP contribution in [0.3, 0.4) is 0 Å². The van der Waals surface area contributed by atoms with Crippen molar-refractivity contribution < 1.29 is 27.1 Å². The molecule has 1 aliphatic carbocycles. The number of rotatable bonds is 13. The fourth-order valence-electron chi connectivity index (χ4n) is 3.55. The van der Waals surface area contributed by atoms with Crippen molar-refractivity contribution in [3.8, 4) is 5.75 Å². The number of amides is 2. The molecule has 2 fully saturated rings. The topological polar surface area (TPSA) is 114 Å². The fourth-order valence-corrected chi connectivity index (χ4v) is 4.92. The highest BCUT2D eigenvalue weighted by Crippen LogP contribution is 2.31. The first-order valence-electron chi connectivity index (χ1n) is 11.2. The molecule has 1 aromatic rings. The maximum Gasteiger partial charge on any atom is 0.243 e. The highest BCUT2D eigenvalue weighted by atomic mass is 32.2. The molecule has 3 N–H and O–H groups in total. The Morgan fingerprint density at radius 3 is 2.69 bits per heavy atom. The van der Waals surface area contributed by atoms with Crippen molar-refractivity contribution in [2.75, 3.05) is 18.9 Å². The lowest BCUT2D eigenvalue weighted by Crippen LogP contribution is -2.50. The van der Waals surface area contributed by atoms with Crippen molar-refractivity contribution in [2.24, 2.45) is 5.92 Å². The van der Waals surface area contributed by atoms with Crippen LogP contribution in [0, 0.1) is 11.7 Å². The molecule has 2 atom stereocenters. The number of unbranched alkanes of at least 4 members (excludes halogenated alkanes) is 2. The average Bonchev–Trinajstić information content (AvgIpc) is 3.55. The van der Waals surface area contributed by atoms with Crippen molar-refractivity contribution in [1.29, 1.82) is 0 Å². The predicted octanol–water partition coefficient (Wildman–Crippen LogP) is 2.16. The molecule has 10 heteroatoms. The number of carbonyl (C=O) groups excluding carboxylic acids is 2. The van der Waals surface area contributed by atoms with E-state index in [1.807, 2.05) is 0 Å². The molecular formula is C22H32FN3O5S. The van der Waals surface area contributed by atoms with Crippen LogP contribution in [-0.4, -0.2) is 45.2 Å². The molecule has 1 aromatic carbocycles. The van der Waals surface area contributed by atoms with Crippen molar-refractivity contribution in [1.82, 2.24) is 15.4 Å². The molecule has 0 spiro atoms. The maximum absolute atomic E-state index is 14.0. The Balaban J connectivity index is 1.36. The molecule has 3 rings (SSSR count). The lowest BCUT2D eigenvalue weighted by molar-refractivity contribution is -0.134. The van der Waals surface area contributed by atoms with Gasteiger partial charge in [0.05, 0.1) is 18.4 Å². The van der Waals surface area contributed by atoms with Crippen LogP contribution in [0.5, 0.6) is 5.75 Å². The first kappa shape index (κ1) is 24.6. The van der Waals surface area contributed by atoms with Gasteiger partial charge in [0.2, 0.25) is 21.8 Å². The van der Waals surface area contributed by atoms with Gasteiger partial charge >= 0.3 is 0 Å². The fraction of sp³-hybridized carbons (Fsp3) is 0.636. The maximum atomic E-state index is 14.0. The van der Waals surface area contributed by atoms with Crippen LogP contribution in [0.4, 0.5) is 4.39 Å². The van der Waals surface area contributed by atoms with Gasteiger partial charge in [0.15, 0.2) is 11.6 Å². The van der Waals surface area contributed by atoms with Gasteiger partial charge in [0.1, 0.15) is 0 Å². The summed E-state index contributed by atoms with van der Waals surface area (Å²) in [6.45, 7) is 2.79. The number of hydrogen-bond acceptors (Lipinski definition) is 6. The van der Waals surface area contributed by atoms with Gasteiger partial charge in [-0.1, -0.05) is 12.5 Å². The van der Waals surface area contributed by atoms with E-state index in [-0.39, 0.29) is 29.4 Å². The number of sulfonamides is 1. The van der Waals surface area contributed by atoms with Crippen LogP contribution in [0.2, 0.25) is 0 Å². The molecule has 0 radical (unpaired) electrons. The van der Waals surface area contributed by atoms with E-state index >= 15 is 0 Å². The normalized spacial score (nSPS) is 20.1. The summed E-state index contributed by atoms with van der Waals surface area (Å²) in [4.78, 5) is 22.8. The summed E-state index contributed by atoms with van der Waals surface area (Å²) in [5, 5.41) is 5.40. The van der Waals surface area contributed by atoms with E-state index in [2.05, 4.69) is 15.4 Å². The first-order valence-corrected chi connectivity index (χ1v) is 12.9. The van der Waals surface area contributed by atoms with Crippen LogP contribution in [0.15, 0.2) is 18.2 Å². The van der Waals surface area contributed by atoms with Gasteiger partial charge in [0, 0.05) is 12.5 Å². The van der Waals surface area contributed by atoms with E-state index in [0.29, 0.717) is 50.3 Å². The van der Waals surface area contributed by atoms with E-state index < -0.39 is 21.9 Å². The van der Waals surface area contributed by atoms with Gasteiger partial charge in [-0.3, -0.25) is 14.9 Å². The number of ether oxygens (including phenoxy) is 1. The molecule has 178 valence electrons. The van der Waals surface area contributed by atoms with Gasteiger partial charge in [0.25, 0.3) is 0 Å². The number of hydrogen-bond donors (Lipinski definition) is 3. The van der Waals surface area contributed by atoms with Crippen molar-refractivity contribution in [2.45, 2.75) is 64.0 Å². The third-order valence-corrected chi connectivity index (χ3v) is 7.24.